The molecule has 2 amide bonds. The molecule has 12 heteroatoms. The Balaban J connectivity index is 1.08. The Morgan fingerprint density at radius 2 is 2.02 bits per heavy atom. The third kappa shape index (κ3) is 8.99. The number of ether oxygens (including phenoxy) is 3. The van der Waals surface area contributed by atoms with Crippen molar-refractivity contribution in [3.63, 3.8) is 0 Å². The molecule has 2 aromatic heterocycles. The van der Waals surface area contributed by atoms with Crippen LogP contribution in [0.5, 0.6) is 16.7 Å². The number of halogens is 1. The van der Waals surface area contributed by atoms with Crippen LogP contribution in [0.15, 0.2) is 48.8 Å². The van der Waals surface area contributed by atoms with Crippen LogP contribution in [0.25, 0.3) is 6.08 Å². The first-order valence-corrected chi connectivity index (χ1v) is 15.2. The minimum absolute atomic E-state index is 0.200. The van der Waals surface area contributed by atoms with Gasteiger partial charge < -0.3 is 24.8 Å². The van der Waals surface area contributed by atoms with E-state index in [2.05, 4.69) is 25.5 Å². The van der Waals surface area contributed by atoms with Crippen LogP contribution in [0.1, 0.15) is 45.5 Å². The first-order chi connectivity index (χ1) is 20.4. The van der Waals surface area contributed by atoms with Crippen molar-refractivity contribution >= 4 is 40.8 Å². The minimum Gasteiger partial charge on any atom is -0.493 e. The van der Waals surface area contributed by atoms with Gasteiger partial charge in [-0.15, -0.1) is 0 Å². The van der Waals surface area contributed by atoms with Crippen LogP contribution in [0.3, 0.4) is 0 Å². The average Bonchev–Trinajstić information content (AvgIpc) is 3.73. The summed E-state index contributed by atoms with van der Waals surface area (Å²) < 4.78 is 17.0. The monoisotopic (exact) mass is 611 g/mol. The summed E-state index contributed by atoms with van der Waals surface area (Å²) in [6, 6.07) is 8.18. The summed E-state index contributed by atoms with van der Waals surface area (Å²) in [5, 5.41) is 6.70. The number of rotatable bonds is 13. The lowest BCUT2D eigenvalue weighted by Crippen LogP contribution is -2.41. The van der Waals surface area contributed by atoms with Gasteiger partial charge in [-0.1, -0.05) is 29.0 Å². The lowest BCUT2D eigenvalue weighted by molar-refractivity contribution is 0.0383. The molecule has 1 aliphatic heterocycles. The van der Waals surface area contributed by atoms with E-state index in [1.54, 1.807) is 24.4 Å². The van der Waals surface area contributed by atoms with Crippen LogP contribution < -0.4 is 20.1 Å². The van der Waals surface area contributed by atoms with Gasteiger partial charge in [0, 0.05) is 56.2 Å². The molecular formula is C30H34ClN5O5S. The van der Waals surface area contributed by atoms with Crippen LogP contribution >= 0.6 is 22.9 Å². The number of nitrogens with zero attached hydrogens (tertiary/aromatic N) is 3. The molecule has 222 valence electrons. The van der Waals surface area contributed by atoms with Gasteiger partial charge in [0.25, 0.3) is 17.0 Å². The molecule has 0 radical (unpaired) electrons. The molecule has 2 fully saturated rings. The molecule has 1 saturated carbocycles. The molecule has 10 nitrogen and oxygen atoms in total. The van der Waals surface area contributed by atoms with Gasteiger partial charge in [-0.05, 0) is 56.0 Å². The molecule has 1 aromatic carbocycles. The quantitative estimate of drug-likeness (QED) is 0.287. The number of aromatic nitrogens is 2. The van der Waals surface area contributed by atoms with E-state index in [1.165, 1.54) is 36.4 Å². The first kappa shape index (κ1) is 30.0. The molecule has 2 N–H and O–H groups in total. The Kier molecular flexibility index (Phi) is 10.4. The van der Waals surface area contributed by atoms with E-state index >= 15 is 0 Å². The lowest BCUT2D eigenvalue weighted by atomic mass is 10.2. The molecule has 0 unspecified atom stereocenters. The van der Waals surface area contributed by atoms with Gasteiger partial charge in [-0.3, -0.25) is 19.5 Å². The standard InChI is InChI=1S/C30H34ClN5O5S/c1-20(35-28(37)22-8-9-32-26(16-22)29(38)33-10-11-36-12-14-39-15-13-36)2-6-24-18-34-30(42-24)41-27-7-5-23(17-25(27)31)40-19-21-3-4-21/h2,5-9,16-18,20-21H,3-4,10-15,19H2,1H3,(H,33,38)(H,35,37)/b6-2+/t20-/m0/s1. The zero-order valence-electron chi connectivity index (χ0n) is 23.4. The second-order valence-electron chi connectivity index (χ2n) is 10.2. The number of hydrogen-bond donors (Lipinski definition) is 2. The Morgan fingerprint density at radius 3 is 2.81 bits per heavy atom. The van der Waals surface area contributed by atoms with Crippen molar-refractivity contribution < 1.29 is 23.8 Å². The van der Waals surface area contributed by atoms with E-state index in [0.717, 1.165) is 30.3 Å². The molecule has 1 atom stereocenters. The highest BCUT2D eigenvalue weighted by molar-refractivity contribution is 7.14. The number of carbonyl (C=O) groups excluding carboxylic acids is 2. The number of hydrogen-bond acceptors (Lipinski definition) is 9. The van der Waals surface area contributed by atoms with E-state index in [-0.39, 0.29) is 23.6 Å². The number of morpholine rings is 1. The topological polar surface area (TPSA) is 115 Å². The number of benzene rings is 1. The molecule has 42 heavy (non-hydrogen) atoms. The van der Waals surface area contributed by atoms with E-state index in [1.807, 2.05) is 25.1 Å². The molecule has 2 aliphatic rings. The maximum atomic E-state index is 12.8. The second-order valence-corrected chi connectivity index (χ2v) is 11.7. The number of amides is 2. The summed E-state index contributed by atoms with van der Waals surface area (Å²) in [7, 11) is 0. The van der Waals surface area contributed by atoms with E-state index in [0.29, 0.717) is 53.8 Å². The van der Waals surface area contributed by atoms with Crippen LogP contribution in [0.4, 0.5) is 0 Å². The summed E-state index contributed by atoms with van der Waals surface area (Å²) in [5.41, 5.74) is 0.559. The molecule has 0 bridgehead atoms. The normalized spacial score (nSPS) is 16.2. The average molecular weight is 612 g/mol. The lowest BCUT2D eigenvalue weighted by Gasteiger charge is -2.26. The molecular weight excluding hydrogens is 578 g/mol. The number of carbonyl (C=O) groups is 2. The fourth-order valence-electron chi connectivity index (χ4n) is 4.16. The summed E-state index contributed by atoms with van der Waals surface area (Å²) in [6.45, 7) is 6.94. The molecule has 3 heterocycles. The van der Waals surface area contributed by atoms with Gasteiger partial charge in [0.05, 0.1) is 29.7 Å². The van der Waals surface area contributed by atoms with Crippen molar-refractivity contribution in [2.24, 2.45) is 5.92 Å². The predicted octanol–water partition coefficient (Wildman–Crippen LogP) is 4.67. The third-order valence-corrected chi connectivity index (χ3v) is 7.90. The number of thiazole rings is 1. The van der Waals surface area contributed by atoms with Crippen molar-refractivity contribution in [2.45, 2.75) is 25.8 Å². The van der Waals surface area contributed by atoms with Crippen molar-refractivity contribution in [3.05, 3.63) is 70.0 Å². The van der Waals surface area contributed by atoms with E-state index in [9.17, 15) is 9.59 Å². The highest BCUT2D eigenvalue weighted by Crippen LogP contribution is 2.35. The fraction of sp³-hybridized carbons (Fsp3) is 0.400. The minimum atomic E-state index is -0.312. The SMILES string of the molecule is C[C@@H](/C=C/c1cnc(Oc2ccc(OCC3CC3)cc2Cl)s1)NC(=O)c1ccnc(C(=O)NCCN2CCOCC2)c1. The molecule has 3 aromatic rings. The zero-order chi connectivity index (χ0) is 29.3. The third-order valence-electron chi connectivity index (χ3n) is 6.77. The Bertz CT molecular complexity index is 1410. The first-order valence-electron chi connectivity index (χ1n) is 14.0. The van der Waals surface area contributed by atoms with E-state index < -0.39 is 0 Å². The predicted molar refractivity (Wildman–Crippen MR) is 162 cm³/mol. The molecule has 1 aliphatic carbocycles. The Labute approximate surface area is 254 Å². The molecule has 0 spiro atoms. The summed E-state index contributed by atoms with van der Waals surface area (Å²) >= 11 is 7.74. The van der Waals surface area contributed by atoms with Crippen LogP contribution in [0, 0.1) is 5.92 Å². The van der Waals surface area contributed by atoms with Crippen molar-refractivity contribution in [1.29, 1.82) is 0 Å². The van der Waals surface area contributed by atoms with Gasteiger partial charge in [0.1, 0.15) is 17.2 Å². The molecule has 1 saturated heterocycles. The van der Waals surface area contributed by atoms with Gasteiger partial charge in [-0.25, -0.2) is 4.98 Å². The van der Waals surface area contributed by atoms with Crippen molar-refractivity contribution in [3.8, 4) is 16.7 Å². The van der Waals surface area contributed by atoms with Gasteiger partial charge >= 0.3 is 0 Å². The van der Waals surface area contributed by atoms with Crippen LogP contribution in [-0.4, -0.2) is 78.7 Å². The van der Waals surface area contributed by atoms with Crippen LogP contribution in [0.2, 0.25) is 5.02 Å². The summed E-state index contributed by atoms with van der Waals surface area (Å²) in [5.74, 6) is 1.28. The van der Waals surface area contributed by atoms with Gasteiger partial charge in [-0.2, -0.15) is 0 Å². The van der Waals surface area contributed by atoms with Crippen molar-refractivity contribution in [2.75, 3.05) is 46.0 Å². The Hall–Kier alpha value is -3.51. The van der Waals surface area contributed by atoms with E-state index in [4.69, 9.17) is 25.8 Å². The van der Waals surface area contributed by atoms with Gasteiger partial charge in [0.15, 0.2) is 0 Å². The van der Waals surface area contributed by atoms with Crippen LogP contribution in [-0.2, 0) is 4.74 Å². The molecule has 5 rings (SSSR count). The maximum Gasteiger partial charge on any atom is 0.279 e. The summed E-state index contributed by atoms with van der Waals surface area (Å²) in [4.78, 5) is 36.9. The second kappa shape index (κ2) is 14.6. The number of nitrogens with one attached hydrogen (secondary N) is 2. The highest BCUT2D eigenvalue weighted by Gasteiger charge is 2.22. The van der Waals surface area contributed by atoms with Gasteiger partial charge in [0.2, 0.25) is 0 Å². The highest BCUT2D eigenvalue weighted by atomic mass is 35.5. The summed E-state index contributed by atoms with van der Waals surface area (Å²) in [6.07, 6.45) is 9.33. The maximum absolute atomic E-state index is 12.8. The smallest absolute Gasteiger partial charge is 0.279 e. The number of pyridine rings is 1. The Morgan fingerprint density at radius 1 is 1.19 bits per heavy atom. The van der Waals surface area contributed by atoms with Crippen molar-refractivity contribution in [1.82, 2.24) is 25.5 Å². The zero-order valence-corrected chi connectivity index (χ0v) is 25.0. The largest absolute Gasteiger partial charge is 0.493 e. The fourth-order valence-corrected chi connectivity index (χ4v) is 5.06.